The van der Waals surface area contributed by atoms with Crippen molar-refractivity contribution in [1.82, 2.24) is 0 Å². The molecule has 98 valence electrons. The number of hydrogen-bond acceptors (Lipinski definition) is 1. The lowest BCUT2D eigenvalue weighted by Crippen LogP contribution is -2.29. The number of hydrogen-bond donors (Lipinski definition) is 1. The highest BCUT2D eigenvalue weighted by molar-refractivity contribution is 5.32. The average molecular weight is 244 g/mol. The summed E-state index contributed by atoms with van der Waals surface area (Å²) in [6.07, 6.45) is 8.36. The normalized spacial score (nSPS) is 26.4. The molecule has 0 spiro atoms. The van der Waals surface area contributed by atoms with E-state index in [0.717, 1.165) is 18.8 Å². The first-order chi connectivity index (χ1) is 8.64. The molecule has 0 aliphatic heterocycles. The maximum atomic E-state index is 10.6. The predicted octanol–water partition coefficient (Wildman–Crippen LogP) is 4.05. The summed E-state index contributed by atoms with van der Waals surface area (Å²) in [4.78, 5) is 0. The summed E-state index contributed by atoms with van der Waals surface area (Å²) in [6, 6.07) is 8.82. The van der Waals surface area contributed by atoms with E-state index >= 15 is 0 Å². The molecule has 0 amide bonds. The Labute approximate surface area is 110 Å². The van der Waals surface area contributed by atoms with Gasteiger partial charge in [-0.1, -0.05) is 37.1 Å². The van der Waals surface area contributed by atoms with Gasteiger partial charge in [-0.05, 0) is 62.0 Å². The SMILES string of the molecule is CC(O)(CC1CC1)CC1CCCc2ccccc21. The molecule has 0 radical (unpaired) electrons. The molecule has 0 saturated heterocycles. The fourth-order valence-electron chi connectivity index (χ4n) is 3.62. The third kappa shape index (κ3) is 2.77. The Bertz CT molecular complexity index is 417. The van der Waals surface area contributed by atoms with Gasteiger partial charge in [0.25, 0.3) is 0 Å². The molecular formula is C17H24O. The Hall–Kier alpha value is -0.820. The molecule has 1 aromatic rings. The lowest BCUT2D eigenvalue weighted by atomic mass is 9.76. The van der Waals surface area contributed by atoms with Gasteiger partial charge in [0.05, 0.1) is 5.60 Å². The molecule has 0 heterocycles. The fourth-order valence-corrected chi connectivity index (χ4v) is 3.62. The van der Waals surface area contributed by atoms with Gasteiger partial charge in [0, 0.05) is 0 Å². The Morgan fingerprint density at radius 3 is 2.72 bits per heavy atom. The van der Waals surface area contributed by atoms with E-state index in [4.69, 9.17) is 0 Å². The zero-order valence-corrected chi connectivity index (χ0v) is 11.4. The first kappa shape index (κ1) is 12.2. The van der Waals surface area contributed by atoms with E-state index in [1.165, 1.54) is 43.2 Å². The van der Waals surface area contributed by atoms with Crippen LogP contribution in [0.25, 0.3) is 0 Å². The van der Waals surface area contributed by atoms with Crippen LogP contribution in [0.15, 0.2) is 24.3 Å². The summed E-state index contributed by atoms with van der Waals surface area (Å²) in [6.45, 7) is 2.04. The minimum atomic E-state index is -0.462. The topological polar surface area (TPSA) is 20.2 Å². The van der Waals surface area contributed by atoms with Crippen LogP contribution in [0, 0.1) is 5.92 Å². The first-order valence-corrected chi connectivity index (χ1v) is 7.44. The third-order valence-corrected chi connectivity index (χ3v) is 4.61. The Kier molecular flexibility index (Phi) is 3.19. The summed E-state index contributed by atoms with van der Waals surface area (Å²) in [5, 5.41) is 10.6. The molecule has 1 fully saturated rings. The average Bonchev–Trinajstić information content (AvgIpc) is 3.12. The molecule has 2 unspecified atom stereocenters. The molecule has 1 N–H and O–H groups in total. The number of aryl methyl sites for hydroxylation is 1. The standard InChI is InChI=1S/C17H24O/c1-17(18,11-13-9-10-13)12-15-7-4-6-14-5-2-3-8-16(14)15/h2-3,5,8,13,15,18H,4,6-7,9-12H2,1H3. The summed E-state index contributed by atoms with van der Waals surface area (Å²) in [5.41, 5.74) is 2.55. The summed E-state index contributed by atoms with van der Waals surface area (Å²) >= 11 is 0. The van der Waals surface area contributed by atoms with Gasteiger partial charge in [0.1, 0.15) is 0 Å². The van der Waals surface area contributed by atoms with Gasteiger partial charge in [-0.3, -0.25) is 0 Å². The van der Waals surface area contributed by atoms with E-state index < -0.39 is 5.60 Å². The van der Waals surface area contributed by atoms with Crippen molar-refractivity contribution in [3.63, 3.8) is 0 Å². The minimum absolute atomic E-state index is 0.462. The molecule has 0 bridgehead atoms. The second-order valence-electron chi connectivity index (χ2n) is 6.64. The van der Waals surface area contributed by atoms with Crippen LogP contribution >= 0.6 is 0 Å². The first-order valence-electron chi connectivity index (χ1n) is 7.44. The van der Waals surface area contributed by atoms with E-state index in [-0.39, 0.29) is 0 Å². The van der Waals surface area contributed by atoms with Gasteiger partial charge in [-0.2, -0.15) is 0 Å². The summed E-state index contributed by atoms with van der Waals surface area (Å²) in [5.74, 6) is 1.38. The van der Waals surface area contributed by atoms with E-state index in [0.29, 0.717) is 5.92 Å². The number of fused-ring (bicyclic) bond motifs is 1. The largest absolute Gasteiger partial charge is 0.390 e. The van der Waals surface area contributed by atoms with Crippen molar-refractivity contribution in [2.45, 2.75) is 63.4 Å². The summed E-state index contributed by atoms with van der Waals surface area (Å²) < 4.78 is 0. The van der Waals surface area contributed by atoms with Crippen LogP contribution in [0.3, 0.4) is 0 Å². The zero-order valence-electron chi connectivity index (χ0n) is 11.4. The van der Waals surface area contributed by atoms with Crippen molar-refractivity contribution in [3.8, 4) is 0 Å². The number of aliphatic hydroxyl groups is 1. The van der Waals surface area contributed by atoms with E-state index in [1.54, 1.807) is 0 Å². The van der Waals surface area contributed by atoms with Crippen LogP contribution in [0.5, 0.6) is 0 Å². The highest BCUT2D eigenvalue weighted by Crippen LogP contribution is 2.42. The third-order valence-electron chi connectivity index (χ3n) is 4.61. The van der Waals surface area contributed by atoms with Crippen LogP contribution in [0.1, 0.15) is 62.5 Å². The van der Waals surface area contributed by atoms with E-state index in [9.17, 15) is 5.11 Å². The molecule has 2 aliphatic carbocycles. The van der Waals surface area contributed by atoms with Gasteiger partial charge in [-0.15, -0.1) is 0 Å². The molecule has 2 atom stereocenters. The van der Waals surface area contributed by atoms with Crippen molar-refractivity contribution in [1.29, 1.82) is 0 Å². The second-order valence-corrected chi connectivity index (χ2v) is 6.64. The lowest BCUT2D eigenvalue weighted by Gasteiger charge is -2.32. The van der Waals surface area contributed by atoms with Crippen LogP contribution in [-0.4, -0.2) is 10.7 Å². The predicted molar refractivity (Wildman–Crippen MR) is 74.7 cm³/mol. The van der Waals surface area contributed by atoms with E-state index in [1.807, 2.05) is 6.92 Å². The van der Waals surface area contributed by atoms with Crippen molar-refractivity contribution < 1.29 is 5.11 Å². The zero-order chi connectivity index (χ0) is 12.6. The monoisotopic (exact) mass is 244 g/mol. The van der Waals surface area contributed by atoms with Crippen molar-refractivity contribution in [2.24, 2.45) is 5.92 Å². The summed E-state index contributed by atoms with van der Waals surface area (Å²) in [7, 11) is 0. The highest BCUT2D eigenvalue weighted by atomic mass is 16.3. The van der Waals surface area contributed by atoms with Crippen molar-refractivity contribution >= 4 is 0 Å². The lowest BCUT2D eigenvalue weighted by molar-refractivity contribution is 0.0276. The molecule has 2 aliphatic rings. The van der Waals surface area contributed by atoms with Gasteiger partial charge >= 0.3 is 0 Å². The van der Waals surface area contributed by atoms with Gasteiger partial charge in [0.15, 0.2) is 0 Å². The quantitative estimate of drug-likeness (QED) is 0.847. The molecule has 1 heteroatoms. The van der Waals surface area contributed by atoms with Crippen LogP contribution in [0.2, 0.25) is 0 Å². The van der Waals surface area contributed by atoms with Crippen LogP contribution in [0.4, 0.5) is 0 Å². The molecule has 0 aromatic heterocycles. The molecule has 1 nitrogen and oxygen atoms in total. The molecule has 18 heavy (non-hydrogen) atoms. The Morgan fingerprint density at radius 1 is 1.17 bits per heavy atom. The molecular weight excluding hydrogens is 220 g/mol. The van der Waals surface area contributed by atoms with Crippen LogP contribution in [-0.2, 0) is 6.42 Å². The highest BCUT2D eigenvalue weighted by Gasteiger charge is 2.34. The Balaban J connectivity index is 1.73. The van der Waals surface area contributed by atoms with Gasteiger partial charge < -0.3 is 5.11 Å². The fraction of sp³-hybridized carbons (Fsp3) is 0.647. The number of benzene rings is 1. The van der Waals surface area contributed by atoms with Gasteiger partial charge in [-0.25, -0.2) is 0 Å². The molecule has 1 aromatic carbocycles. The number of rotatable bonds is 4. The van der Waals surface area contributed by atoms with Gasteiger partial charge in [0.2, 0.25) is 0 Å². The Morgan fingerprint density at radius 2 is 1.94 bits per heavy atom. The van der Waals surface area contributed by atoms with Crippen molar-refractivity contribution in [2.75, 3.05) is 0 Å². The van der Waals surface area contributed by atoms with E-state index in [2.05, 4.69) is 24.3 Å². The second kappa shape index (κ2) is 4.70. The maximum Gasteiger partial charge on any atom is 0.0628 e. The van der Waals surface area contributed by atoms with Crippen LogP contribution < -0.4 is 0 Å². The van der Waals surface area contributed by atoms with Crippen molar-refractivity contribution in [3.05, 3.63) is 35.4 Å². The molecule has 1 saturated carbocycles. The molecule has 3 rings (SSSR count). The maximum absolute atomic E-state index is 10.6. The minimum Gasteiger partial charge on any atom is -0.390 e. The smallest absolute Gasteiger partial charge is 0.0628 e.